The number of hydrogen-bond donors (Lipinski definition) is 2. The summed E-state index contributed by atoms with van der Waals surface area (Å²) in [7, 11) is 0. The van der Waals surface area contributed by atoms with Crippen LogP contribution < -0.4 is 0 Å². The van der Waals surface area contributed by atoms with Gasteiger partial charge in [-0.15, -0.1) is 0 Å². The molecule has 0 aliphatic heterocycles. The Morgan fingerprint density at radius 1 is 0.882 bits per heavy atom. The van der Waals surface area contributed by atoms with E-state index in [4.69, 9.17) is 10.2 Å². The number of carbonyl (C=O) groups excluding carboxylic acids is 2. The zero-order chi connectivity index (χ0) is 13.6. The van der Waals surface area contributed by atoms with Crippen LogP contribution in [0, 0.1) is 11.8 Å². The summed E-state index contributed by atoms with van der Waals surface area (Å²) >= 11 is 0. The molecule has 7 heteroatoms. The topological polar surface area (TPSA) is 118 Å². The van der Waals surface area contributed by atoms with E-state index in [2.05, 4.69) is 4.74 Å². The molecule has 0 spiro atoms. The average molecular weight is 246 g/mol. The number of esters is 2. The van der Waals surface area contributed by atoms with Gasteiger partial charge in [-0.2, -0.15) is 0 Å². The average Bonchev–Trinajstić information content (AvgIpc) is 2.16. The van der Waals surface area contributed by atoms with E-state index in [9.17, 15) is 19.2 Å². The van der Waals surface area contributed by atoms with Crippen molar-refractivity contribution >= 4 is 23.9 Å². The minimum atomic E-state index is -1.17. The van der Waals surface area contributed by atoms with Gasteiger partial charge in [-0.3, -0.25) is 19.2 Å². The van der Waals surface area contributed by atoms with Crippen molar-refractivity contribution in [3.63, 3.8) is 0 Å². The van der Waals surface area contributed by atoms with Crippen molar-refractivity contribution in [3.05, 3.63) is 0 Å². The third-order valence-electron chi connectivity index (χ3n) is 2.02. The summed E-state index contributed by atoms with van der Waals surface area (Å²) in [6, 6.07) is 0. The number of ether oxygens (including phenoxy) is 1. The monoisotopic (exact) mass is 246 g/mol. The predicted octanol–water partition coefficient (Wildman–Crippen LogP) is 0.278. The van der Waals surface area contributed by atoms with E-state index in [1.54, 1.807) is 0 Å². The fraction of sp³-hybridized carbons (Fsp3) is 0.600. The maximum absolute atomic E-state index is 11.1. The van der Waals surface area contributed by atoms with E-state index in [-0.39, 0.29) is 0 Å². The molecule has 2 N–H and O–H groups in total. The smallest absolute Gasteiger partial charge is 0.314 e. The first kappa shape index (κ1) is 15.1. The Kier molecular flexibility index (Phi) is 5.87. The normalized spacial score (nSPS) is 13.5. The first-order chi connectivity index (χ1) is 7.73. The maximum atomic E-state index is 11.1. The molecule has 0 fully saturated rings. The van der Waals surface area contributed by atoms with Gasteiger partial charge in [0.25, 0.3) is 0 Å². The van der Waals surface area contributed by atoms with Crippen molar-refractivity contribution < 1.29 is 34.1 Å². The highest BCUT2D eigenvalue weighted by Gasteiger charge is 2.22. The van der Waals surface area contributed by atoms with Crippen LogP contribution in [0.15, 0.2) is 0 Å². The molecule has 0 bridgehead atoms. The van der Waals surface area contributed by atoms with Crippen LogP contribution in [0.3, 0.4) is 0 Å². The van der Waals surface area contributed by atoms with Gasteiger partial charge in [0.15, 0.2) is 0 Å². The Labute approximate surface area is 97.4 Å². The zero-order valence-electron chi connectivity index (χ0n) is 9.50. The Hall–Kier alpha value is -1.92. The van der Waals surface area contributed by atoms with Gasteiger partial charge in [-0.25, -0.2) is 0 Å². The zero-order valence-corrected chi connectivity index (χ0v) is 9.50. The molecular formula is C10H14O7. The molecule has 7 nitrogen and oxygen atoms in total. The summed E-state index contributed by atoms with van der Waals surface area (Å²) in [6.07, 6.45) is -0.856. The second kappa shape index (κ2) is 6.62. The van der Waals surface area contributed by atoms with Crippen LogP contribution in [-0.2, 0) is 23.9 Å². The molecule has 0 aliphatic carbocycles. The van der Waals surface area contributed by atoms with Crippen LogP contribution in [0.2, 0.25) is 0 Å². The van der Waals surface area contributed by atoms with Crippen molar-refractivity contribution in [3.8, 4) is 0 Å². The van der Waals surface area contributed by atoms with Crippen LogP contribution in [0.4, 0.5) is 0 Å². The van der Waals surface area contributed by atoms with Crippen LogP contribution in [0.25, 0.3) is 0 Å². The highest BCUT2D eigenvalue weighted by molar-refractivity contribution is 5.89. The van der Waals surface area contributed by atoms with E-state index in [0.29, 0.717) is 0 Å². The molecule has 0 aromatic rings. The molecule has 0 aromatic carbocycles. The van der Waals surface area contributed by atoms with E-state index in [1.165, 1.54) is 13.8 Å². The van der Waals surface area contributed by atoms with Gasteiger partial charge in [-0.05, 0) is 0 Å². The highest BCUT2D eigenvalue weighted by atomic mass is 16.6. The molecule has 0 aliphatic rings. The van der Waals surface area contributed by atoms with Gasteiger partial charge in [0, 0.05) is 0 Å². The molecule has 0 rings (SSSR count). The lowest BCUT2D eigenvalue weighted by Gasteiger charge is -2.07. The maximum Gasteiger partial charge on any atom is 0.314 e. The lowest BCUT2D eigenvalue weighted by atomic mass is 10.1. The molecule has 96 valence electrons. The van der Waals surface area contributed by atoms with Gasteiger partial charge >= 0.3 is 23.9 Å². The first-order valence-electron chi connectivity index (χ1n) is 4.93. The fourth-order valence-electron chi connectivity index (χ4n) is 0.885. The lowest BCUT2D eigenvalue weighted by Crippen LogP contribution is -2.22. The quantitative estimate of drug-likeness (QED) is 0.510. The molecule has 0 saturated carbocycles. The van der Waals surface area contributed by atoms with Gasteiger partial charge < -0.3 is 14.9 Å². The number of rotatable bonds is 6. The number of carboxylic acids is 2. The number of carbonyl (C=O) groups is 4. The van der Waals surface area contributed by atoms with Crippen LogP contribution >= 0.6 is 0 Å². The fourth-order valence-corrected chi connectivity index (χ4v) is 0.885. The second-order valence-corrected chi connectivity index (χ2v) is 3.73. The predicted molar refractivity (Wildman–Crippen MR) is 53.9 cm³/mol. The van der Waals surface area contributed by atoms with Crippen molar-refractivity contribution in [2.24, 2.45) is 11.8 Å². The summed E-state index contributed by atoms with van der Waals surface area (Å²) in [6.45, 7) is 2.60. The van der Waals surface area contributed by atoms with Gasteiger partial charge in [-0.1, -0.05) is 13.8 Å². The van der Waals surface area contributed by atoms with E-state index >= 15 is 0 Å². The minimum Gasteiger partial charge on any atom is -0.481 e. The molecule has 17 heavy (non-hydrogen) atoms. The van der Waals surface area contributed by atoms with Crippen molar-refractivity contribution in [1.29, 1.82) is 0 Å². The molecule has 2 atom stereocenters. The minimum absolute atomic E-state index is 0.428. The highest BCUT2D eigenvalue weighted by Crippen LogP contribution is 2.07. The molecule has 0 aromatic heterocycles. The lowest BCUT2D eigenvalue weighted by molar-refractivity contribution is -0.164. The van der Waals surface area contributed by atoms with Crippen LogP contribution in [0.1, 0.15) is 26.7 Å². The summed E-state index contributed by atoms with van der Waals surface area (Å²) in [5.74, 6) is -6.19. The third-order valence-corrected chi connectivity index (χ3v) is 2.02. The van der Waals surface area contributed by atoms with Gasteiger partial charge in [0.1, 0.15) is 0 Å². The Bertz CT molecular complexity index is 302. The third kappa shape index (κ3) is 6.29. The van der Waals surface area contributed by atoms with Crippen molar-refractivity contribution in [2.45, 2.75) is 26.7 Å². The number of hydrogen-bond acceptors (Lipinski definition) is 5. The van der Waals surface area contributed by atoms with Gasteiger partial charge in [0.05, 0.1) is 24.7 Å². The number of aliphatic carboxylic acids is 2. The Balaban J connectivity index is 4.09. The first-order valence-corrected chi connectivity index (χ1v) is 4.93. The van der Waals surface area contributed by atoms with Crippen molar-refractivity contribution in [1.82, 2.24) is 0 Å². The summed E-state index contributed by atoms with van der Waals surface area (Å²) in [5.41, 5.74) is 0. The molecule has 2 unspecified atom stereocenters. The SMILES string of the molecule is CC(CC(=O)OC(=O)CC(C)C(=O)O)C(=O)O. The Morgan fingerprint density at radius 2 is 1.18 bits per heavy atom. The molecule has 0 heterocycles. The van der Waals surface area contributed by atoms with Gasteiger partial charge in [0.2, 0.25) is 0 Å². The van der Waals surface area contributed by atoms with E-state index in [0.717, 1.165) is 0 Å². The van der Waals surface area contributed by atoms with E-state index in [1.807, 2.05) is 0 Å². The van der Waals surface area contributed by atoms with E-state index < -0.39 is 48.6 Å². The standard InChI is InChI=1S/C10H14O7/c1-5(9(13)14)3-7(11)17-8(12)4-6(2)10(15)16/h5-6H,3-4H2,1-2H3,(H,13,14)(H,15,16). The summed E-state index contributed by atoms with van der Waals surface area (Å²) in [5, 5.41) is 17.0. The molecule has 0 saturated heterocycles. The largest absolute Gasteiger partial charge is 0.481 e. The summed E-state index contributed by atoms with van der Waals surface area (Å²) in [4.78, 5) is 43.0. The molecular weight excluding hydrogens is 232 g/mol. The summed E-state index contributed by atoms with van der Waals surface area (Å²) < 4.78 is 4.29. The molecule has 0 amide bonds. The molecule has 0 radical (unpaired) electrons. The van der Waals surface area contributed by atoms with Crippen LogP contribution in [0.5, 0.6) is 0 Å². The second-order valence-electron chi connectivity index (χ2n) is 3.73. The Morgan fingerprint density at radius 3 is 1.41 bits per heavy atom. The van der Waals surface area contributed by atoms with Crippen LogP contribution in [-0.4, -0.2) is 34.1 Å². The number of carboxylic acid groups (broad SMARTS) is 2. The van der Waals surface area contributed by atoms with Crippen molar-refractivity contribution in [2.75, 3.05) is 0 Å².